The van der Waals surface area contributed by atoms with Crippen molar-refractivity contribution in [1.82, 2.24) is 30.7 Å². The van der Waals surface area contributed by atoms with Gasteiger partial charge in [0.2, 0.25) is 11.9 Å². The minimum absolute atomic E-state index is 0.0158. The Bertz CT molecular complexity index is 986. The van der Waals surface area contributed by atoms with E-state index in [2.05, 4.69) is 35.6 Å². The van der Waals surface area contributed by atoms with Crippen LogP contribution in [0.5, 0.6) is 5.75 Å². The van der Waals surface area contributed by atoms with Gasteiger partial charge in [-0.1, -0.05) is 6.07 Å². The molecule has 144 valence electrons. The predicted octanol–water partition coefficient (Wildman–Crippen LogP) is 1.96. The van der Waals surface area contributed by atoms with E-state index < -0.39 is 5.95 Å². The van der Waals surface area contributed by atoms with E-state index >= 15 is 0 Å². The zero-order chi connectivity index (χ0) is 19.1. The first-order valence-corrected chi connectivity index (χ1v) is 9.40. The number of hydrogen-bond acceptors (Lipinski definition) is 7. The first-order valence-electron chi connectivity index (χ1n) is 9.40. The third kappa shape index (κ3) is 3.18. The number of hydrogen-bond donors (Lipinski definition) is 3. The van der Waals surface area contributed by atoms with Gasteiger partial charge >= 0.3 is 0 Å². The molecule has 1 atom stereocenters. The lowest BCUT2D eigenvalue weighted by atomic mass is 10.0. The summed E-state index contributed by atoms with van der Waals surface area (Å²) < 4.78 is 13.7. The highest BCUT2D eigenvalue weighted by molar-refractivity contribution is 5.73. The van der Waals surface area contributed by atoms with Gasteiger partial charge in [-0.2, -0.15) is 9.49 Å². The summed E-state index contributed by atoms with van der Waals surface area (Å²) in [7, 11) is 0. The average Bonchev–Trinajstić information content (AvgIpc) is 3.49. The number of nitrogens with zero attached hydrogens (tertiary/aromatic N) is 5. The SMILES string of the molecule is Oc1cc(-c2cn[nH]c2F)ccc1-c1cnc(N2CCNC(C3CC3)C2)nn1. The summed E-state index contributed by atoms with van der Waals surface area (Å²) in [6.07, 6.45) is 5.58. The molecule has 0 spiro atoms. The van der Waals surface area contributed by atoms with Gasteiger partial charge in [0, 0.05) is 31.2 Å². The lowest BCUT2D eigenvalue weighted by molar-refractivity contribution is 0.414. The van der Waals surface area contributed by atoms with Crippen molar-refractivity contribution in [2.75, 3.05) is 24.5 Å². The Hall–Kier alpha value is -3.07. The normalized spacial score (nSPS) is 19.8. The molecule has 1 unspecified atom stereocenters. The molecule has 3 heterocycles. The number of nitrogens with one attached hydrogen (secondary N) is 2. The second-order valence-corrected chi connectivity index (χ2v) is 7.32. The van der Waals surface area contributed by atoms with Gasteiger partial charge < -0.3 is 15.3 Å². The van der Waals surface area contributed by atoms with Gasteiger partial charge in [-0.3, -0.25) is 5.10 Å². The summed E-state index contributed by atoms with van der Waals surface area (Å²) in [5.41, 5.74) is 1.78. The highest BCUT2D eigenvalue weighted by atomic mass is 19.1. The van der Waals surface area contributed by atoms with Gasteiger partial charge in [0.25, 0.3) is 0 Å². The van der Waals surface area contributed by atoms with Crippen molar-refractivity contribution < 1.29 is 9.50 Å². The Labute approximate surface area is 160 Å². The molecule has 1 saturated heterocycles. The molecular formula is C19H20FN7O. The lowest BCUT2D eigenvalue weighted by Crippen LogP contribution is -2.52. The minimum atomic E-state index is -0.543. The molecule has 0 amide bonds. The number of benzene rings is 1. The van der Waals surface area contributed by atoms with Crippen LogP contribution in [-0.4, -0.2) is 56.2 Å². The Kier molecular flexibility index (Phi) is 4.16. The average molecular weight is 381 g/mol. The summed E-state index contributed by atoms with van der Waals surface area (Å²) in [6.45, 7) is 2.65. The molecule has 2 fully saturated rings. The molecule has 0 radical (unpaired) electrons. The molecule has 1 saturated carbocycles. The first kappa shape index (κ1) is 17.1. The van der Waals surface area contributed by atoms with Crippen LogP contribution >= 0.6 is 0 Å². The second kappa shape index (κ2) is 6.83. The Morgan fingerprint density at radius 1 is 1.14 bits per heavy atom. The summed E-state index contributed by atoms with van der Waals surface area (Å²) >= 11 is 0. The number of phenols is 1. The van der Waals surface area contributed by atoms with Crippen LogP contribution in [0.15, 0.2) is 30.6 Å². The number of aromatic amines is 1. The maximum atomic E-state index is 13.7. The van der Waals surface area contributed by atoms with Crippen LogP contribution in [0.4, 0.5) is 10.3 Å². The van der Waals surface area contributed by atoms with E-state index in [9.17, 15) is 9.50 Å². The number of anilines is 1. The third-order valence-electron chi connectivity index (χ3n) is 5.41. The van der Waals surface area contributed by atoms with E-state index in [1.807, 2.05) is 0 Å². The standard InChI is InChI=1S/C19H20FN7O/c20-18-14(8-23-25-18)12-3-4-13(17(28)7-12)15-9-22-19(26-24-15)27-6-5-21-16(10-27)11-1-2-11/h3-4,7-9,11,16,21,28H,1-2,5-6,10H2,(H,23,25). The molecule has 8 nitrogen and oxygen atoms in total. The van der Waals surface area contributed by atoms with Crippen LogP contribution in [-0.2, 0) is 0 Å². The van der Waals surface area contributed by atoms with Crippen molar-refractivity contribution in [3.63, 3.8) is 0 Å². The quantitative estimate of drug-likeness (QED) is 0.635. The van der Waals surface area contributed by atoms with Crippen LogP contribution in [0, 0.1) is 11.9 Å². The van der Waals surface area contributed by atoms with Crippen molar-refractivity contribution in [2.45, 2.75) is 18.9 Å². The van der Waals surface area contributed by atoms with Crippen LogP contribution in [0.2, 0.25) is 0 Å². The zero-order valence-electron chi connectivity index (χ0n) is 15.1. The Morgan fingerprint density at radius 3 is 2.71 bits per heavy atom. The number of aromatic hydroxyl groups is 1. The van der Waals surface area contributed by atoms with E-state index in [1.54, 1.807) is 18.3 Å². The van der Waals surface area contributed by atoms with E-state index in [0.29, 0.717) is 34.4 Å². The fourth-order valence-electron chi connectivity index (χ4n) is 3.70. The topological polar surface area (TPSA) is 103 Å². The van der Waals surface area contributed by atoms with Crippen molar-refractivity contribution in [3.05, 3.63) is 36.5 Å². The van der Waals surface area contributed by atoms with Gasteiger partial charge in [0.05, 0.1) is 18.0 Å². The third-order valence-corrected chi connectivity index (χ3v) is 5.41. The number of rotatable bonds is 4. The Morgan fingerprint density at radius 2 is 2.04 bits per heavy atom. The summed E-state index contributed by atoms with van der Waals surface area (Å²) in [4.78, 5) is 6.61. The number of phenolic OH excluding ortho intramolecular Hbond substituents is 1. The highest BCUT2D eigenvalue weighted by Gasteiger charge is 2.34. The molecule has 9 heteroatoms. The number of piperazine rings is 1. The Balaban J connectivity index is 1.36. The van der Waals surface area contributed by atoms with Crippen molar-refractivity contribution in [3.8, 4) is 28.1 Å². The molecule has 1 aliphatic carbocycles. The van der Waals surface area contributed by atoms with Crippen LogP contribution in [0.3, 0.4) is 0 Å². The van der Waals surface area contributed by atoms with Gasteiger partial charge in [0.15, 0.2) is 0 Å². The van der Waals surface area contributed by atoms with Crippen molar-refractivity contribution >= 4 is 5.95 Å². The van der Waals surface area contributed by atoms with Crippen molar-refractivity contribution in [2.24, 2.45) is 5.92 Å². The fraction of sp³-hybridized carbons (Fsp3) is 0.368. The monoisotopic (exact) mass is 381 g/mol. The van der Waals surface area contributed by atoms with E-state index in [-0.39, 0.29) is 5.75 Å². The minimum Gasteiger partial charge on any atom is -0.507 e. The molecule has 2 aliphatic rings. The predicted molar refractivity (Wildman–Crippen MR) is 101 cm³/mol. The molecule has 28 heavy (non-hydrogen) atoms. The van der Waals surface area contributed by atoms with Gasteiger partial charge in [0.1, 0.15) is 11.4 Å². The molecule has 0 bridgehead atoms. The maximum Gasteiger partial charge on any atom is 0.245 e. The molecule has 3 aromatic rings. The summed E-state index contributed by atoms with van der Waals surface area (Å²) in [5, 5.41) is 28.4. The summed E-state index contributed by atoms with van der Waals surface area (Å²) in [6, 6.07) is 5.36. The van der Waals surface area contributed by atoms with Crippen LogP contribution < -0.4 is 10.2 Å². The number of halogens is 1. The second-order valence-electron chi connectivity index (χ2n) is 7.32. The number of aromatic nitrogens is 5. The molecule has 1 aromatic carbocycles. The van der Waals surface area contributed by atoms with Crippen molar-refractivity contribution in [1.29, 1.82) is 0 Å². The van der Waals surface area contributed by atoms with E-state index in [1.165, 1.54) is 25.1 Å². The zero-order valence-corrected chi connectivity index (χ0v) is 15.1. The largest absolute Gasteiger partial charge is 0.507 e. The molecule has 3 N–H and O–H groups in total. The molecule has 1 aliphatic heterocycles. The molecular weight excluding hydrogens is 361 g/mol. The first-order chi connectivity index (χ1) is 13.7. The molecule has 2 aromatic heterocycles. The number of H-pyrrole nitrogens is 1. The lowest BCUT2D eigenvalue weighted by Gasteiger charge is -2.33. The molecule has 5 rings (SSSR count). The van der Waals surface area contributed by atoms with E-state index in [4.69, 9.17) is 0 Å². The van der Waals surface area contributed by atoms with E-state index in [0.717, 1.165) is 25.6 Å². The maximum absolute atomic E-state index is 13.7. The van der Waals surface area contributed by atoms with Gasteiger partial charge in [-0.05, 0) is 36.5 Å². The van der Waals surface area contributed by atoms with Gasteiger partial charge in [-0.25, -0.2) is 4.98 Å². The smallest absolute Gasteiger partial charge is 0.245 e. The van der Waals surface area contributed by atoms with Crippen LogP contribution in [0.25, 0.3) is 22.4 Å². The fourth-order valence-corrected chi connectivity index (χ4v) is 3.70. The highest BCUT2D eigenvalue weighted by Crippen LogP contribution is 2.35. The summed E-state index contributed by atoms with van der Waals surface area (Å²) in [5.74, 6) is 0.814. The van der Waals surface area contributed by atoms with Gasteiger partial charge in [-0.15, -0.1) is 10.2 Å². The van der Waals surface area contributed by atoms with Crippen LogP contribution in [0.1, 0.15) is 12.8 Å².